The first kappa shape index (κ1) is 31.4. The van der Waals surface area contributed by atoms with Crippen LogP contribution in [-0.2, 0) is 9.53 Å². The van der Waals surface area contributed by atoms with Gasteiger partial charge in [0.05, 0.1) is 13.2 Å². The summed E-state index contributed by atoms with van der Waals surface area (Å²) in [5.74, 6) is 0.894. The van der Waals surface area contributed by atoms with Crippen molar-refractivity contribution in [2.24, 2.45) is 5.92 Å². The van der Waals surface area contributed by atoms with Gasteiger partial charge in [0.25, 0.3) is 0 Å². The molecule has 0 aromatic rings. The van der Waals surface area contributed by atoms with E-state index in [1.807, 2.05) is 0 Å². The Hall–Kier alpha value is -0.610. The maximum atomic E-state index is 12.0. The van der Waals surface area contributed by atoms with E-state index in [9.17, 15) is 9.90 Å². The molecule has 34 heavy (non-hydrogen) atoms. The van der Waals surface area contributed by atoms with Crippen LogP contribution in [0, 0.1) is 5.92 Å². The van der Waals surface area contributed by atoms with Crippen molar-refractivity contribution in [3.63, 3.8) is 0 Å². The number of aliphatic hydroxyl groups excluding tert-OH is 1. The van der Waals surface area contributed by atoms with E-state index in [1.54, 1.807) is 0 Å². The Morgan fingerprint density at radius 2 is 1.38 bits per heavy atom. The van der Waals surface area contributed by atoms with Crippen LogP contribution in [0.3, 0.4) is 0 Å². The van der Waals surface area contributed by atoms with Crippen molar-refractivity contribution < 1.29 is 14.6 Å². The predicted molar refractivity (Wildman–Crippen MR) is 145 cm³/mol. The summed E-state index contributed by atoms with van der Waals surface area (Å²) in [6, 6.07) is 0.697. The monoisotopic (exact) mass is 481 g/mol. The Kier molecular flexibility index (Phi) is 21.1. The molecule has 1 rings (SSSR count). The second kappa shape index (κ2) is 22.8. The zero-order valence-corrected chi connectivity index (χ0v) is 23.0. The Morgan fingerprint density at radius 3 is 1.91 bits per heavy atom. The normalized spacial score (nSPS) is 14.1. The lowest BCUT2D eigenvalue weighted by Crippen LogP contribution is -2.42. The van der Waals surface area contributed by atoms with E-state index in [2.05, 4.69) is 18.7 Å². The second-order valence-corrected chi connectivity index (χ2v) is 10.8. The van der Waals surface area contributed by atoms with Gasteiger partial charge >= 0.3 is 5.97 Å². The molecule has 0 bridgehead atoms. The lowest BCUT2D eigenvalue weighted by Gasteiger charge is -2.37. The van der Waals surface area contributed by atoms with E-state index >= 15 is 0 Å². The number of nitrogens with zero attached hydrogens (tertiary/aromatic N) is 1. The molecule has 0 radical (unpaired) electrons. The van der Waals surface area contributed by atoms with Crippen LogP contribution < -0.4 is 0 Å². The van der Waals surface area contributed by atoms with Gasteiger partial charge < -0.3 is 9.84 Å². The van der Waals surface area contributed by atoms with Crippen molar-refractivity contribution in [1.82, 2.24) is 4.90 Å². The quantitative estimate of drug-likeness (QED) is 0.106. The van der Waals surface area contributed by atoms with Gasteiger partial charge in [-0.25, -0.2) is 0 Å². The van der Waals surface area contributed by atoms with Gasteiger partial charge in [0, 0.05) is 19.0 Å². The largest absolute Gasteiger partial charge is 0.466 e. The number of aliphatic hydroxyl groups is 1. The van der Waals surface area contributed by atoms with Gasteiger partial charge in [-0.1, -0.05) is 104 Å². The number of rotatable bonds is 25. The second-order valence-electron chi connectivity index (χ2n) is 10.8. The number of ether oxygens (including phenoxy) is 1. The molecule has 4 nitrogen and oxygen atoms in total. The molecule has 0 atom stereocenters. The summed E-state index contributed by atoms with van der Waals surface area (Å²) < 4.78 is 5.46. The highest BCUT2D eigenvalue weighted by molar-refractivity contribution is 5.69. The van der Waals surface area contributed by atoms with Crippen LogP contribution in [0.1, 0.15) is 149 Å². The average molecular weight is 482 g/mol. The van der Waals surface area contributed by atoms with Crippen molar-refractivity contribution in [2.75, 3.05) is 26.3 Å². The zero-order valence-electron chi connectivity index (χ0n) is 23.0. The van der Waals surface area contributed by atoms with E-state index < -0.39 is 0 Å². The minimum Gasteiger partial charge on any atom is -0.466 e. The topological polar surface area (TPSA) is 49.8 Å². The van der Waals surface area contributed by atoms with E-state index in [-0.39, 0.29) is 12.6 Å². The van der Waals surface area contributed by atoms with Crippen molar-refractivity contribution in [3.8, 4) is 0 Å². The number of unbranched alkanes of at least 4 members (excludes halogenated alkanes) is 10. The molecular formula is C30H59NO3. The molecule has 1 aliphatic carbocycles. The first-order chi connectivity index (χ1) is 16.7. The summed E-state index contributed by atoms with van der Waals surface area (Å²) in [4.78, 5) is 14.5. The molecule has 0 saturated heterocycles. The number of hydrogen-bond donors (Lipinski definition) is 1. The Labute approximate surface area is 212 Å². The van der Waals surface area contributed by atoms with Crippen molar-refractivity contribution in [1.29, 1.82) is 0 Å². The van der Waals surface area contributed by atoms with Crippen LogP contribution in [0.25, 0.3) is 0 Å². The molecule has 0 spiro atoms. The number of carbonyl (C=O) groups excluding carboxylic acids is 1. The lowest BCUT2D eigenvalue weighted by molar-refractivity contribution is -0.143. The van der Waals surface area contributed by atoms with Crippen LogP contribution in [0.15, 0.2) is 0 Å². The Bertz CT molecular complexity index is 440. The molecule has 1 aliphatic rings. The molecule has 0 aromatic heterocycles. The van der Waals surface area contributed by atoms with E-state index in [1.165, 1.54) is 96.3 Å². The summed E-state index contributed by atoms with van der Waals surface area (Å²) in [6.07, 6.45) is 26.3. The summed E-state index contributed by atoms with van der Waals surface area (Å²) in [5.41, 5.74) is 0. The zero-order chi connectivity index (χ0) is 24.7. The Morgan fingerprint density at radius 1 is 0.794 bits per heavy atom. The van der Waals surface area contributed by atoms with E-state index in [4.69, 9.17) is 4.74 Å². The van der Waals surface area contributed by atoms with E-state index in [0.717, 1.165) is 51.1 Å². The van der Waals surface area contributed by atoms with Crippen LogP contribution in [0.5, 0.6) is 0 Å². The highest BCUT2D eigenvalue weighted by Gasteiger charge is 2.23. The SMILES string of the molecule is CCCCCCC(CCCCCC)CCCCCC(=O)OCCCCCN(CCO)C1CCC1. The molecule has 1 saturated carbocycles. The number of esters is 1. The van der Waals surface area contributed by atoms with Crippen LogP contribution in [0.2, 0.25) is 0 Å². The van der Waals surface area contributed by atoms with Gasteiger partial charge in [-0.2, -0.15) is 0 Å². The molecule has 1 N–H and O–H groups in total. The van der Waals surface area contributed by atoms with E-state index in [0.29, 0.717) is 19.1 Å². The summed E-state index contributed by atoms with van der Waals surface area (Å²) in [7, 11) is 0. The highest BCUT2D eigenvalue weighted by atomic mass is 16.5. The molecule has 4 heteroatoms. The summed E-state index contributed by atoms with van der Waals surface area (Å²) >= 11 is 0. The maximum absolute atomic E-state index is 12.0. The molecule has 0 unspecified atom stereocenters. The van der Waals surface area contributed by atoms with Gasteiger partial charge in [0.15, 0.2) is 0 Å². The molecule has 202 valence electrons. The third kappa shape index (κ3) is 16.9. The molecule has 0 amide bonds. The third-order valence-corrected chi connectivity index (χ3v) is 7.76. The van der Waals surface area contributed by atoms with Crippen molar-refractivity contribution >= 4 is 5.97 Å². The molecular weight excluding hydrogens is 422 g/mol. The first-order valence-electron chi connectivity index (χ1n) is 15.2. The fraction of sp³-hybridized carbons (Fsp3) is 0.967. The van der Waals surface area contributed by atoms with Crippen LogP contribution >= 0.6 is 0 Å². The number of carbonyl (C=O) groups is 1. The Balaban J connectivity index is 2.01. The first-order valence-corrected chi connectivity index (χ1v) is 15.2. The lowest BCUT2D eigenvalue weighted by atomic mass is 9.89. The molecule has 1 fully saturated rings. The van der Waals surface area contributed by atoms with Gasteiger partial charge in [-0.05, 0) is 51.0 Å². The highest BCUT2D eigenvalue weighted by Crippen LogP contribution is 2.25. The van der Waals surface area contributed by atoms with Gasteiger partial charge in [0.2, 0.25) is 0 Å². The number of hydrogen-bond acceptors (Lipinski definition) is 4. The van der Waals surface area contributed by atoms with Crippen molar-refractivity contribution in [2.45, 2.75) is 155 Å². The van der Waals surface area contributed by atoms with Gasteiger partial charge in [-0.3, -0.25) is 9.69 Å². The average Bonchev–Trinajstić information content (AvgIpc) is 2.79. The fourth-order valence-corrected chi connectivity index (χ4v) is 5.24. The smallest absolute Gasteiger partial charge is 0.305 e. The molecule has 0 heterocycles. The van der Waals surface area contributed by atoms with Crippen LogP contribution in [-0.4, -0.2) is 48.3 Å². The van der Waals surface area contributed by atoms with Crippen LogP contribution in [0.4, 0.5) is 0 Å². The maximum Gasteiger partial charge on any atom is 0.305 e. The summed E-state index contributed by atoms with van der Waals surface area (Å²) in [5, 5.41) is 9.24. The van der Waals surface area contributed by atoms with Gasteiger partial charge in [-0.15, -0.1) is 0 Å². The summed E-state index contributed by atoms with van der Waals surface area (Å²) in [6.45, 7) is 7.27. The molecule has 0 aliphatic heterocycles. The van der Waals surface area contributed by atoms with Crippen molar-refractivity contribution in [3.05, 3.63) is 0 Å². The molecule has 0 aromatic carbocycles. The minimum absolute atomic E-state index is 0.00736. The fourth-order valence-electron chi connectivity index (χ4n) is 5.24. The minimum atomic E-state index is -0.00736. The standard InChI is InChI=1S/C30H59NO3/c1-3-5-7-11-18-28(19-12-8-6-4-2)20-13-9-14-23-30(33)34-27-16-10-15-24-31(25-26-32)29-21-17-22-29/h28-29,32H,3-27H2,1-2H3. The third-order valence-electron chi connectivity index (χ3n) is 7.76. The van der Waals surface area contributed by atoms with Gasteiger partial charge in [0.1, 0.15) is 0 Å². The predicted octanol–water partition coefficient (Wildman–Crippen LogP) is 8.05.